The van der Waals surface area contributed by atoms with Crippen LogP contribution in [-0.4, -0.2) is 20.9 Å². The predicted molar refractivity (Wildman–Crippen MR) is 95.1 cm³/mol. The fourth-order valence-corrected chi connectivity index (χ4v) is 2.33. The van der Waals surface area contributed by atoms with E-state index in [2.05, 4.69) is 32.1 Å². The molecule has 6 nitrogen and oxygen atoms in total. The summed E-state index contributed by atoms with van der Waals surface area (Å²) >= 11 is 0. The lowest BCUT2D eigenvalue weighted by Crippen LogP contribution is -2.28. The molecule has 0 radical (unpaired) electrons. The summed E-state index contributed by atoms with van der Waals surface area (Å²) in [6, 6.07) is 7.81. The first-order valence-corrected chi connectivity index (χ1v) is 7.73. The largest absolute Gasteiger partial charge is 0.358 e. The summed E-state index contributed by atoms with van der Waals surface area (Å²) < 4.78 is 0. The molecule has 0 saturated carbocycles. The molecule has 124 valence electrons. The van der Waals surface area contributed by atoms with Crippen LogP contribution < -0.4 is 10.7 Å². The van der Waals surface area contributed by atoms with Gasteiger partial charge < -0.3 is 10.3 Å². The van der Waals surface area contributed by atoms with Gasteiger partial charge in [0, 0.05) is 12.7 Å². The number of fused-ring (bicyclic) bond motifs is 1. The Morgan fingerprint density at radius 3 is 2.76 bits per heavy atom. The summed E-state index contributed by atoms with van der Waals surface area (Å²) in [4.78, 5) is 36.0. The van der Waals surface area contributed by atoms with Gasteiger partial charge in [-0.1, -0.05) is 35.7 Å². The molecule has 6 heteroatoms. The molecule has 1 amide bonds. The zero-order chi connectivity index (χ0) is 17.8. The van der Waals surface area contributed by atoms with Crippen LogP contribution in [0.25, 0.3) is 11.0 Å². The SMILES string of the molecule is CC#Cc1ncc2[nH]cc(C(=O)NCc3ccc(C)cc3)c(=O)c2n1. The Balaban J connectivity index is 1.87. The molecule has 3 rings (SSSR count). The van der Waals surface area contributed by atoms with Gasteiger partial charge >= 0.3 is 0 Å². The van der Waals surface area contributed by atoms with Crippen molar-refractivity contribution >= 4 is 16.9 Å². The molecule has 0 unspecified atom stereocenters. The van der Waals surface area contributed by atoms with Gasteiger partial charge in [-0.15, -0.1) is 0 Å². The number of aromatic amines is 1. The Bertz CT molecular complexity index is 1060. The second-order valence-corrected chi connectivity index (χ2v) is 5.53. The van der Waals surface area contributed by atoms with E-state index in [-0.39, 0.29) is 16.9 Å². The van der Waals surface area contributed by atoms with Gasteiger partial charge in [0.05, 0.1) is 11.7 Å². The minimum absolute atomic E-state index is 0.00807. The van der Waals surface area contributed by atoms with Gasteiger partial charge in [0.1, 0.15) is 11.1 Å². The molecule has 0 bridgehead atoms. The van der Waals surface area contributed by atoms with Crippen molar-refractivity contribution in [2.45, 2.75) is 20.4 Å². The van der Waals surface area contributed by atoms with Crippen LogP contribution in [0.3, 0.4) is 0 Å². The highest BCUT2D eigenvalue weighted by molar-refractivity contribution is 5.96. The van der Waals surface area contributed by atoms with Crippen molar-refractivity contribution in [3.63, 3.8) is 0 Å². The number of aromatic nitrogens is 3. The van der Waals surface area contributed by atoms with Gasteiger partial charge in [0.2, 0.25) is 11.3 Å². The summed E-state index contributed by atoms with van der Waals surface area (Å²) in [5, 5.41) is 2.75. The minimum Gasteiger partial charge on any atom is -0.358 e. The number of rotatable bonds is 3. The first-order valence-electron chi connectivity index (χ1n) is 7.73. The van der Waals surface area contributed by atoms with Crippen LogP contribution in [0.1, 0.15) is 34.2 Å². The van der Waals surface area contributed by atoms with E-state index in [1.165, 1.54) is 12.4 Å². The number of amides is 1. The minimum atomic E-state index is -0.453. The monoisotopic (exact) mass is 332 g/mol. The number of carbonyl (C=O) groups is 1. The van der Waals surface area contributed by atoms with Crippen LogP contribution in [0.5, 0.6) is 0 Å². The summed E-state index contributed by atoms with van der Waals surface area (Å²) in [5.41, 5.74) is 2.27. The number of pyridine rings is 1. The zero-order valence-corrected chi connectivity index (χ0v) is 13.9. The van der Waals surface area contributed by atoms with E-state index < -0.39 is 11.3 Å². The maximum Gasteiger partial charge on any atom is 0.257 e. The van der Waals surface area contributed by atoms with E-state index in [1.807, 2.05) is 31.2 Å². The standard InChI is InChI=1S/C19H16N4O2/c1-3-4-16-21-11-15-17(23-16)18(24)14(10-20-15)19(25)22-9-13-7-5-12(2)6-8-13/h5-8,10-11H,9H2,1-2H3,(H,20,24)(H,22,25). The summed E-state index contributed by atoms with van der Waals surface area (Å²) in [5.74, 6) is 5.18. The maximum atomic E-state index is 12.6. The first kappa shape index (κ1) is 16.4. The lowest BCUT2D eigenvalue weighted by molar-refractivity contribution is 0.0949. The molecule has 0 spiro atoms. The predicted octanol–water partition coefficient (Wildman–Crippen LogP) is 1.93. The van der Waals surface area contributed by atoms with E-state index in [1.54, 1.807) is 6.92 Å². The Kier molecular flexibility index (Phi) is 4.57. The fraction of sp³-hybridized carbons (Fsp3) is 0.158. The third-order valence-electron chi connectivity index (χ3n) is 3.68. The van der Waals surface area contributed by atoms with Crippen molar-refractivity contribution in [1.82, 2.24) is 20.3 Å². The molecule has 2 heterocycles. The second-order valence-electron chi connectivity index (χ2n) is 5.53. The lowest BCUT2D eigenvalue weighted by Gasteiger charge is -2.06. The maximum absolute atomic E-state index is 12.6. The summed E-state index contributed by atoms with van der Waals surface area (Å²) in [6.07, 6.45) is 2.86. The van der Waals surface area contributed by atoms with Gasteiger partial charge in [-0.3, -0.25) is 9.59 Å². The van der Waals surface area contributed by atoms with E-state index in [0.29, 0.717) is 12.1 Å². The van der Waals surface area contributed by atoms with Crippen LogP contribution in [0.15, 0.2) is 41.5 Å². The van der Waals surface area contributed by atoms with Crippen molar-refractivity contribution in [3.8, 4) is 11.8 Å². The molecule has 3 aromatic rings. The Hall–Kier alpha value is -3.46. The molecular weight excluding hydrogens is 316 g/mol. The highest BCUT2D eigenvalue weighted by atomic mass is 16.2. The van der Waals surface area contributed by atoms with Crippen LogP contribution in [-0.2, 0) is 6.54 Å². The number of hydrogen-bond donors (Lipinski definition) is 2. The Morgan fingerprint density at radius 2 is 2.04 bits per heavy atom. The van der Waals surface area contributed by atoms with Gasteiger partial charge in [0.15, 0.2) is 0 Å². The molecule has 0 saturated heterocycles. The number of nitrogens with zero attached hydrogens (tertiary/aromatic N) is 2. The highest BCUT2D eigenvalue weighted by Crippen LogP contribution is 2.06. The second kappa shape index (κ2) is 6.97. The number of carbonyl (C=O) groups excluding carboxylic acids is 1. The summed E-state index contributed by atoms with van der Waals surface area (Å²) in [7, 11) is 0. The third-order valence-corrected chi connectivity index (χ3v) is 3.68. The first-order chi connectivity index (χ1) is 12.1. The number of H-pyrrole nitrogens is 1. The van der Waals surface area contributed by atoms with E-state index in [9.17, 15) is 9.59 Å². The average Bonchev–Trinajstić information content (AvgIpc) is 2.62. The number of nitrogens with one attached hydrogen (secondary N) is 2. The van der Waals surface area contributed by atoms with Gasteiger partial charge in [-0.05, 0) is 25.3 Å². The van der Waals surface area contributed by atoms with Gasteiger partial charge in [-0.2, -0.15) is 0 Å². The molecule has 1 aromatic carbocycles. The van der Waals surface area contributed by atoms with Crippen LogP contribution in [0, 0.1) is 18.8 Å². The van der Waals surface area contributed by atoms with E-state index >= 15 is 0 Å². The fourth-order valence-electron chi connectivity index (χ4n) is 2.33. The molecule has 0 atom stereocenters. The van der Waals surface area contributed by atoms with Crippen molar-refractivity contribution in [1.29, 1.82) is 0 Å². The summed E-state index contributed by atoms with van der Waals surface area (Å²) in [6.45, 7) is 4.00. The normalized spacial score (nSPS) is 10.2. The van der Waals surface area contributed by atoms with Crippen LogP contribution in [0.2, 0.25) is 0 Å². The third kappa shape index (κ3) is 3.56. The number of benzene rings is 1. The average molecular weight is 332 g/mol. The Morgan fingerprint density at radius 1 is 1.28 bits per heavy atom. The number of aryl methyl sites for hydroxylation is 1. The van der Waals surface area contributed by atoms with Gasteiger partial charge in [0.25, 0.3) is 5.91 Å². The van der Waals surface area contributed by atoms with E-state index in [0.717, 1.165) is 11.1 Å². The molecule has 25 heavy (non-hydrogen) atoms. The van der Waals surface area contributed by atoms with Crippen LogP contribution >= 0.6 is 0 Å². The van der Waals surface area contributed by atoms with E-state index in [4.69, 9.17) is 0 Å². The van der Waals surface area contributed by atoms with Crippen molar-refractivity contribution in [2.75, 3.05) is 0 Å². The van der Waals surface area contributed by atoms with Crippen molar-refractivity contribution in [3.05, 3.63) is 69.4 Å². The molecule has 0 fully saturated rings. The zero-order valence-electron chi connectivity index (χ0n) is 13.9. The highest BCUT2D eigenvalue weighted by Gasteiger charge is 2.14. The molecular formula is C19H16N4O2. The molecule has 2 aromatic heterocycles. The topological polar surface area (TPSA) is 87.7 Å². The molecule has 0 aliphatic carbocycles. The van der Waals surface area contributed by atoms with Crippen molar-refractivity contribution < 1.29 is 4.79 Å². The van der Waals surface area contributed by atoms with Crippen molar-refractivity contribution in [2.24, 2.45) is 0 Å². The quantitative estimate of drug-likeness (QED) is 0.717. The smallest absolute Gasteiger partial charge is 0.257 e. The molecule has 2 N–H and O–H groups in total. The molecule has 0 aliphatic heterocycles. The van der Waals surface area contributed by atoms with Gasteiger partial charge in [-0.25, -0.2) is 9.97 Å². The molecule has 0 aliphatic rings. The lowest BCUT2D eigenvalue weighted by atomic mass is 10.1. The number of hydrogen-bond acceptors (Lipinski definition) is 4. The van der Waals surface area contributed by atoms with Crippen LogP contribution in [0.4, 0.5) is 0 Å². The Labute approximate surface area is 144 Å².